The molecule has 0 amide bonds. The average molecular weight is 497 g/mol. The number of carbonyl (C=O) groups excluding carboxylic acids is 1. The summed E-state index contributed by atoms with van der Waals surface area (Å²) >= 11 is 5.53. The van der Waals surface area contributed by atoms with Crippen LogP contribution in [0.1, 0.15) is 15.9 Å². The molecule has 3 fully saturated rings. The Kier molecular flexibility index (Phi) is 5.16. The van der Waals surface area contributed by atoms with Gasteiger partial charge in [0.15, 0.2) is 29.5 Å². The highest BCUT2D eigenvalue weighted by Gasteiger charge is 2.75. The molecule has 1 aromatic rings. The Labute approximate surface area is 187 Å². The van der Waals surface area contributed by atoms with Crippen molar-refractivity contribution in [2.24, 2.45) is 0 Å². The van der Waals surface area contributed by atoms with E-state index in [1.54, 1.807) is 0 Å². The van der Waals surface area contributed by atoms with Crippen molar-refractivity contribution in [2.75, 3.05) is 13.2 Å². The van der Waals surface area contributed by atoms with Gasteiger partial charge in [-0.25, -0.2) is 9.18 Å². The summed E-state index contributed by atoms with van der Waals surface area (Å²) in [7, 11) is 0. The average Bonchev–Trinajstić information content (AvgIpc) is 3.17. The standard InChI is InChI=1S/C17H17ClF4N6O5/c18-6-2-1-5(17(20,21)22)9(10(6)19)12(30)33-8-3-28-14(24)25-7(4-29)11-15(28,16(8,31)32)27-13(23)26-11/h1-2,7-8,11,29,31-32H,3-4H2,(H2,24,25)(H3,23,26,27)/t7-,8-,11?,15-/m0/s1. The van der Waals surface area contributed by atoms with Crippen LogP contribution >= 0.6 is 11.6 Å². The first-order chi connectivity index (χ1) is 15.3. The molecule has 8 N–H and O–H groups in total. The largest absolute Gasteiger partial charge is 0.451 e. The van der Waals surface area contributed by atoms with Gasteiger partial charge in [-0.05, 0) is 12.1 Å². The zero-order valence-electron chi connectivity index (χ0n) is 16.3. The Bertz CT molecular complexity index is 1060. The van der Waals surface area contributed by atoms with Crippen LogP contribution in [0.4, 0.5) is 17.6 Å². The number of nitrogens with one attached hydrogen (secondary N) is 5. The number of aliphatic hydroxyl groups is 3. The predicted octanol–water partition coefficient (Wildman–Crippen LogP) is -0.889. The number of ether oxygens (including phenoxy) is 1. The van der Waals surface area contributed by atoms with E-state index in [9.17, 15) is 37.7 Å². The number of alkyl halides is 3. The van der Waals surface area contributed by atoms with Crippen LogP contribution in [0.25, 0.3) is 0 Å². The van der Waals surface area contributed by atoms with Crippen molar-refractivity contribution in [3.05, 3.63) is 34.1 Å². The Morgan fingerprint density at radius 3 is 2.58 bits per heavy atom. The Balaban J connectivity index is 1.74. The highest BCUT2D eigenvalue weighted by molar-refractivity contribution is 6.31. The van der Waals surface area contributed by atoms with Gasteiger partial charge in [0, 0.05) is 0 Å². The van der Waals surface area contributed by atoms with Crippen LogP contribution in [0, 0.1) is 16.6 Å². The molecule has 1 spiro atoms. The molecule has 4 atom stereocenters. The van der Waals surface area contributed by atoms with Crippen LogP contribution in [0.15, 0.2) is 12.1 Å². The molecule has 33 heavy (non-hydrogen) atoms. The summed E-state index contributed by atoms with van der Waals surface area (Å²) in [6.45, 7) is -1.24. The Morgan fingerprint density at radius 2 is 1.97 bits per heavy atom. The van der Waals surface area contributed by atoms with E-state index >= 15 is 0 Å². The van der Waals surface area contributed by atoms with Gasteiger partial charge >= 0.3 is 12.1 Å². The molecule has 3 saturated heterocycles. The second kappa shape index (κ2) is 7.31. The van der Waals surface area contributed by atoms with Gasteiger partial charge in [0.05, 0.1) is 35.8 Å². The van der Waals surface area contributed by atoms with Gasteiger partial charge in [0.25, 0.3) is 0 Å². The lowest BCUT2D eigenvalue weighted by atomic mass is 9.85. The van der Waals surface area contributed by atoms with Crippen LogP contribution in [-0.2, 0) is 10.9 Å². The minimum Gasteiger partial charge on any atom is -0.451 e. The first kappa shape index (κ1) is 23.3. The Hall–Kier alpha value is -2.88. The third kappa shape index (κ3) is 3.18. The van der Waals surface area contributed by atoms with Crippen LogP contribution in [0.2, 0.25) is 5.02 Å². The minimum absolute atomic E-state index is 0.384. The van der Waals surface area contributed by atoms with Crippen LogP contribution in [-0.4, -0.2) is 80.9 Å². The van der Waals surface area contributed by atoms with Crippen LogP contribution < -0.4 is 16.0 Å². The van der Waals surface area contributed by atoms with E-state index in [0.29, 0.717) is 12.1 Å². The molecular formula is C17H17ClF4N6O5. The fourth-order valence-electron chi connectivity index (χ4n) is 4.44. The molecule has 3 aliphatic rings. The van der Waals surface area contributed by atoms with Gasteiger partial charge in [-0.3, -0.25) is 10.8 Å². The molecule has 1 unspecified atom stereocenters. The van der Waals surface area contributed by atoms with Gasteiger partial charge in [0.2, 0.25) is 5.79 Å². The number of hydrogen-bond acceptors (Lipinski definition) is 7. The summed E-state index contributed by atoms with van der Waals surface area (Å²) in [6, 6.07) is -1.16. The molecule has 0 aliphatic carbocycles. The lowest BCUT2D eigenvalue weighted by Gasteiger charge is -2.50. The van der Waals surface area contributed by atoms with Crippen molar-refractivity contribution >= 4 is 29.5 Å². The van der Waals surface area contributed by atoms with E-state index in [0.717, 1.165) is 4.90 Å². The maximum Gasteiger partial charge on any atom is 0.417 e. The number of rotatable bonds is 3. The molecule has 0 radical (unpaired) electrons. The highest BCUT2D eigenvalue weighted by atomic mass is 35.5. The van der Waals surface area contributed by atoms with Crippen molar-refractivity contribution in [3.8, 4) is 0 Å². The first-order valence-electron chi connectivity index (χ1n) is 9.33. The molecule has 3 heterocycles. The zero-order chi connectivity index (χ0) is 24.5. The quantitative estimate of drug-likeness (QED) is 0.150. The number of esters is 1. The molecule has 11 nitrogen and oxygen atoms in total. The normalized spacial score (nSPS) is 30.2. The molecule has 0 saturated carbocycles. The van der Waals surface area contributed by atoms with E-state index in [-0.39, 0.29) is 0 Å². The second-order valence-electron chi connectivity index (χ2n) is 7.68. The van der Waals surface area contributed by atoms with Gasteiger partial charge in [-0.15, -0.1) is 0 Å². The maximum absolute atomic E-state index is 14.4. The molecule has 0 bridgehead atoms. The summed E-state index contributed by atoms with van der Waals surface area (Å²) in [6.07, 6.45) is -7.16. The van der Waals surface area contributed by atoms with Gasteiger partial charge in [0.1, 0.15) is 5.56 Å². The van der Waals surface area contributed by atoms with Crippen molar-refractivity contribution in [1.29, 1.82) is 10.8 Å². The van der Waals surface area contributed by atoms with E-state index in [1.165, 1.54) is 0 Å². The lowest BCUT2D eigenvalue weighted by Crippen LogP contribution is -2.80. The third-order valence-electron chi connectivity index (χ3n) is 5.89. The Morgan fingerprint density at radius 1 is 1.30 bits per heavy atom. The van der Waals surface area contributed by atoms with E-state index in [1.807, 2.05) is 0 Å². The molecule has 0 aromatic heterocycles. The number of carbonyl (C=O) groups is 1. The topological polar surface area (TPSA) is 174 Å². The number of halogens is 5. The summed E-state index contributed by atoms with van der Waals surface area (Å²) in [5, 5.41) is 54.4. The van der Waals surface area contributed by atoms with Crippen LogP contribution in [0.3, 0.4) is 0 Å². The number of aliphatic hydroxyl groups excluding tert-OH is 1. The van der Waals surface area contributed by atoms with Crippen molar-refractivity contribution in [3.63, 3.8) is 0 Å². The number of guanidine groups is 2. The van der Waals surface area contributed by atoms with Crippen LogP contribution in [0.5, 0.6) is 0 Å². The molecule has 3 aliphatic heterocycles. The van der Waals surface area contributed by atoms with E-state index in [2.05, 4.69) is 16.0 Å². The molecule has 4 rings (SSSR count). The van der Waals surface area contributed by atoms with Crippen molar-refractivity contribution in [2.45, 2.75) is 35.8 Å². The number of hydrogen-bond donors (Lipinski definition) is 8. The zero-order valence-corrected chi connectivity index (χ0v) is 17.1. The minimum atomic E-state index is -5.15. The highest BCUT2D eigenvalue weighted by Crippen LogP contribution is 2.44. The van der Waals surface area contributed by atoms with Gasteiger partial charge in [-0.1, -0.05) is 11.6 Å². The van der Waals surface area contributed by atoms with Crippen molar-refractivity contribution < 1.29 is 42.4 Å². The van der Waals surface area contributed by atoms with Crippen molar-refractivity contribution in [1.82, 2.24) is 20.9 Å². The third-order valence-corrected chi connectivity index (χ3v) is 6.19. The molecule has 1 aromatic carbocycles. The van der Waals surface area contributed by atoms with E-state index < -0.39 is 88.8 Å². The fraction of sp³-hybridized carbons (Fsp3) is 0.471. The van der Waals surface area contributed by atoms with Gasteiger partial charge in [-0.2, -0.15) is 13.2 Å². The maximum atomic E-state index is 14.4. The second-order valence-corrected chi connectivity index (χ2v) is 8.09. The summed E-state index contributed by atoms with van der Waals surface area (Å²) in [5.74, 6) is -7.56. The van der Waals surface area contributed by atoms with E-state index in [4.69, 9.17) is 27.2 Å². The summed E-state index contributed by atoms with van der Waals surface area (Å²) in [4.78, 5) is 13.6. The molecular weight excluding hydrogens is 480 g/mol. The first-order valence-corrected chi connectivity index (χ1v) is 9.71. The number of nitrogens with zero attached hydrogens (tertiary/aromatic N) is 1. The SMILES string of the molecule is N=C1NC2[C@H](CO)NC(=N)N3C[C@H](OC(=O)c4c(C(F)(F)F)ccc(Cl)c4F)C(O)(O)[C@]23N1. The monoisotopic (exact) mass is 496 g/mol. The molecule has 180 valence electrons. The molecule has 16 heteroatoms. The van der Waals surface area contributed by atoms with Gasteiger partial charge < -0.3 is 40.9 Å². The lowest BCUT2D eigenvalue weighted by molar-refractivity contribution is -0.258. The fourth-order valence-corrected chi connectivity index (χ4v) is 4.60. The predicted molar refractivity (Wildman–Crippen MR) is 102 cm³/mol. The number of benzene rings is 1. The summed E-state index contributed by atoms with van der Waals surface area (Å²) in [5.41, 5.74) is -5.35. The summed E-state index contributed by atoms with van der Waals surface area (Å²) < 4.78 is 59.4. The smallest absolute Gasteiger partial charge is 0.417 e.